The van der Waals surface area contributed by atoms with Crippen molar-refractivity contribution in [3.8, 4) is 0 Å². The van der Waals surface area contributed by atoms with E-state index in [9.17, 15) is 0 Å². The Morgan fingerprint density at radius 3 is 2.50 bits per heavy atom. The summed E-state index contributed by atoms with van der Waals surface area (Å²) in [6.45, 7) is 10.6. The summed E-state index contributed by atoms with van der Waals surface area (Å²) in [5, 5.41) is 0. The van der Waals surface area contributed by atoms with E-state index in [1.165, 1.54) is 38.6 Å². The molecule has 116 valence electrons. The van der Waals surface area contributed by atoms with Gasteiger partial charge in [-0.05, 0) is 62.1 Å². The van der Waals surface area contributed by atoms with Crippen LogP contribution in [0.2, 0.25) is 0 Å². The first-order chi connectivity index (χ1) is 9.49. The van der Waals surface area contributed by atoms with E-state index >= 15 is 0 Å². The van der Waals surface area contributed by atoms with Crippen molar-refractivity contribution in [3.05, 3.63) is 11.8 Å². The average molecular weight is 279 g/mol. The molecule has 0 amide bonds. The maximum Gasteiger partial charge on any atom is 0.0875 e. The van der Waals surface area contributed by atoms with Crippen molar-refractivity contribution < 1.29 is 4.74 Å². The third kappa shape index (κ3) is 2.77. The van der Waals surface area contributed by atoms with Crippen LogP contribution in [0.15, 0.2) is 11.8 Å². The van der Waals surface area contributed by atoms with E-state index in [4.69, 9.17) is 4.74 Å². The van der Waals surface area contributed by atoms with Gasteiger partial charge < -0.3 is 9.64 Å². The Morgan fingerprint density at radius 2 is 2.00 bits per heavy atom. The lowest BCUT2D eigenvalue weighted by Crippen LogP contribution is -2.48. The molecule has 0 aromatic carbocycles. The topological polar surface area (TPSA) is 12.5 Å². The zero-order chi connectivity index (χ0) is 14.8. The maximum absolute atomic E-state index is 6.00. The van der Waals surface area contributed by atoms with Gasteiger partial charge in [0, 0.05) is 13.7 Å². The molecule has 0 aromatic heterocycles. The summed E-state index contributed by atoms with van der Waals surface area (Å²) >= 11 is 0. The Balaban J connectivity index is 2.21. The van der Waals surface area contributed by atoms with Gasteiger partial charge in [-0.2, -0.15) is 0 Å². The normalized spacial score (nSPS) is 28.6. The van der Waals surface area contributed by atoms with E-state index < -0.39 is 0 Å². The quantitative estimate of drug-likeness (QED) is 0.720. The van der Waals surface area contributed by atoms with Gasteiger partial charge in [0.05, 0.1) is 11.6 Å². The number of likely N-dealkylation sites (tertiary alicyclic amines) is 1. The zero-order valence-corrected chi connectivity index (χ0v) is 14.2. The van der Waals surface area contributed by atoms with Crippen molar-refractivity contribution in [1.29, 1.82) is 0 Å². The van der Waals surface area contributed by atoms with Gasteiger partial charge in [-0.15, -0.1) is 0 Å². The molecule has 0 unspecified atom stereocenters. The highest BCUT2D eigenvalue weighted by Crippen LogP contribution is 2.43. The maximum atomic E-state index is 6.00. The molecule has 20 heavy (non-hydrogen) atoms. The second kappa shape index (κ2) is 6.09. The number of hydrogen-bond donors (Lipinski definition) is 0. The van der Waals surface area contributed by atoms with Crippen LogP contribution < -0.4 is 0 Å². The molecule has 2 heteroatoms. The van der Waals surface area contributed by atoms with Gasteiger partial charge in [-0.3, -0.25) is 0 Å². The van der Waals surface area contributed by atoms with Gasteiger partial charge in [-0.25, -0.2) is 0 Å². The van der Waals surface area contributed by atoms with Crippen molar-refractivity contribution in [2.45, 2.75) is 84.3 Å². The fourth-order valence-corrected chi connectivity index (χ4v) is 4.31. The monoisotopic (exact) mass is 279 g/mol. The first kappa shape index (κ1) is 15.9. The fraction of sp³-hybridized carbons (Fsp3) is 0.889. The van der Waals surface area contributed by atoms with E-state index in [1.807, 2.05) is 7.11 Å². The van der Waals surface area contributed by atoms with Crippen LogP contribution in [-0.4, -0.2) is 30.2 Å². The summed E-state index contributed by atoms with van der Waals surface area (Å²) in [5.41, 5.74) is 2.10. The molecule has 1 saturated carbocycles. The van der Waals surface area contributed by atoms with E-state index in [1.54, 1.807) is 5.57 Å². The summed E-state index contributed by atoms with van der Waals surface area (Å²) in [6, 6.07) is 0.561. The second-order valence-electron chi connectivity index (χ2n) is 7.26. The van der Waals surface area contributed by atoms with E-state index in [2.05, 4.69) is 38.8 Å². The number of methoxy groups -OCH3 is 1. The minimum Gasteiger partial charge on any atom is -0.376 e. The summed E-state index contributed by atoms with van der Waals surface area (Å²) in [5.74, 6) is 0. The lowest BCUT2D eigenvalue weighted by atomic mass is 9.85. The highest BCUT2D eigenvalue weighted by atomic mass is 16.5. The molecular formula is C18H33NO. The molecule has 2 rings (SSSR count). The van der Waals surface area contributed by atoms with Crippen LogP contribution in [0.1, 0.15) is 72.6 Å². The van der Waals surface area contributed by atoms with Gasteiger partial charge in [-0.1, -0.05) is 27.7 Å². The average Bonchev–Trinajstić information content (AvgIpc) is 3.01. The van der Waals surface area contributed by atoms with Crippen LogP contribution in [0.5, 0.6) is 0 Å². The molecule has 2 aliphatic rings. The van der Waals surface area contributed by atoms with Crippen molar-refractivity contribution in [2.75, 3.05) is 13.7 Å². The zero-order valence-electron chi connectivity index (χ0n) is 14.2. The van der Waals surface area contributed by atoms with E-state index in [0.717, 1.165) is 12.8 Å². The minimum atomic E-state index is 0.0380. The highest BCUT2D eigenvalue weighted by Gasteiger charge is 2.42. The largest absolute Gasteiger partial charge is 0.376 e. The van der Waals surface area contributed by atoms with Crippen LogP contribution in [0.3, 0.4) is 0 Å². The minimum absolute atomic E-state index is 0.0380. The van der Waals surface area contributed by atoms with Crippen LogP contribution >= 0.6 is 0 Å². The molecule has 1 atom stereocenters. The SMILES string of the molecule is CCC(CC)(OC)[C@@H]1CCCN1/C=C1\CCCC1(C)C. The van der Waals surface area contributed by atoms with Crippen molar-refractivity contribution in [1.82, 2.24) is 4.90 Å². The van der Waals surface area contributed by atoms with Crippen molar-refractivity contribution in [3.63, 3.8) is 0 Å². The van der Waals surface area contributed by atoms with Crippen LogP contribution in [0.4, 0.5) is 0 Å². The van der Waals surface area contributed by atoms with Crippen molar-refractivity contribution >= 4 is 0 Å². The molecule has 1 aliphatic carbocycles. The lowest BCUT2D eigenvalue weighted by molar-refractivity contribution is -0.0648. The predicted octanol–water partition coefficient (Wildman–Crippen LogP) is 4.75. The van der Waals surface area contributed by atoms with Gasteiger partial charge in [0.1, 0.15) is 0 Å². The summed E-state index contributed by atoms with van der Waals surface area (Å²) in [6.07, 6.45) is 11.3. The number of nitrogens with zero attached hydrogens (tertiary/aromatic N) is 1. The van der Waals surface area contributed by atoms with Crippen LogP contribution in [0.25, 0.3) is 0 Å². The molecule has 0 bridgehead atoms. The second-order valence-corrected chi connectivity index (χ2v) is 7.26. The van der Waals surface area contributed by atoms with E-state index in [-0.39, 0.29) is 5.60 Å². The van der Waals surface area contributed by atoms with Crippen LogP contribution in [0, 0.1) is 5.41 Å². The lowest BCUT2D eigenvalue weighted by Gasteiger charge is -2.41. The summed E-state index contributed by atoms with van der Waals surface area (Å²) in [4.78, 5) is 2.61. The molecule has 2 fully saturated rings. The van der Waals surface area contributed by atoms with Gasteiger partial charge in [0.2, 0.25) is 0 Å². The Labute approximate surface area is 125 Å². The Kier molecular flexibility index (Phi) is 4.84. The molecule has 1 saturated heterocycles. The van der Waals surface area contributed by atoms with Gasteiger partial charge in [0.25, 0.3) is 0 Å². The first-order valence-corrected chi connectivity index (χ1v) is 8.51. The molecular weight excluding hydrogens is 246 g/mol. The summed E-state index contributed by atoms with van der Waals surface area (Å²) < 4.78 is 6.00. The predicted molar refractivity (Wildman–Crippen MR) is 85.8 cm³/mol. The molecule has 0 spiro atoms. The number of rotatable bonds is 5. The Morgan fingerprint density at radius 1 is 1.30 bits per heavy atom. The van der Waals surface area contributed by atoms with E-state index in [0.29, 0.717) is 11.5 Å². The fourth-order valence-electron chi connectivity index (χ4n) is 4.31. The Hall–Kier alpha value is -0.500. The molecule has 0 N–H and O–H groups in total. The third-order valence-electron chi connectivity index (χ3n) is 5.94. The highest BCUT2D eigenvalue weighted by molar-refractivity contribution is 5.17. The van der Waals surface area contributed by atoms with Gasteiger partial charge >= 0.3 is 0 Å². The first-order valence-electron chi connectivity index (χ1n) is 8.51. The van der Waals surface area contributed by atoms with Crippen molar-refractivity contribution in [2.24, 2.45) is 5.41 Å². The molecule has 0 radical (unpaired) electrons. The summed E-state index contributed by atoms with van der Waals surface area (Å²) in [7, 11) is 1.90. The molecule has 1 aliphatic heterocycles. The van der Waals surface area contributed by atoms with Crippen LogP contribution in [-0.2, 0) is 4.74 Å². The third-order valence-corrected chi connectivity index (χ3v) is 5.94. The standard InChI is InChI=1S/C18H33NO/c1-6-18(7-2,20-5)16-11-9-13-19(16)14-15-10-8-12-17(15,3)4/h14,16H,6-13H2,1-5H3/b15-14+/t16-/m0/s1. The number of hydrogen-bond acceptors (Lipinski definition) is 2. The van der Waals surface area contributed by atoms with Gasteiger partial charge in [0.15, 0.2) is 0 Å². The number of allylic oxidation sites excluding steroid dienone is 1. The molecule has 1 heterocycles. The molecule has 0 aromatic rings. The smallest absolute Gasteiger partial charge is 0.0875 e. The number of ether oxygens (including phenoxy) is 1. The Bertz CT molecular complexity index is 346. The molecule has 2 nitrogen and oxygen atoms in total.